The molecule has 0 atom stereocenters. The summed E-state index contributed by atoms with van der Waals surface area (Å²) < 4.78 is 0. The molecule has 0 amide bonds. The summed E-state index contributed by atoms with van der Waals surface area (Å²) in [6, 6.07) is 13.0. The highest BCUT2D eigenvalue weighted by atomic mass is 35.5. The Morgan fingerprint density at radius 3 is 2.41 bits per heavy atom. The molecule has 1 aromatic heterocycles. The summed E-state index contributed by atoms with van der Waals surface area (Å²) >= 11 is 13.5. The Labute approximate surface area is 182 Å². The Morgan fingerprint density at radius 2 is 1.76 bits per heavy atom. The molecule has 3 aromatic rings. The molecule has 1 aliphatic heterocycles. The average molecular weight is 448 g/mol. The van der Waals surface area contributed by atoms with Gasteiger partial charge in [0.05, 0.1) is 15.6 Å². The number of aromatic nitrogens is 1. The van der Waals surface area contributed by atoms with E-state index in [9.17, 15) is 4.79 Å². The zero-order chi connectivity index (χ0) is 20.4. The third-order valence-corrected chi connectivity index (χ3v) is 6.27. The number of rotatable bonds is 5. The van der Waals surface area contributed by atoms with Crippen molar-refractivity contribution in [3.63, 3.8) is 0 Å². The largest absolute Gasteiger partial charge is 0.382 e. The maximum atomic E-state index is 12.9. The highest BCUT2D eigenvalue weighted by Crippen LogP contribution is 2.34. The molecule has 2 heterocycles. The third kappa shape index (κ3) is 4.33. The van der Waals surface area contributed by atoms with E-state index in [2.05, 4.69) is 32.7 Å². The predicted octanol–water partition coefficient (Wildman–Crippen LogP) is 4.42. The molecule has 0 unspecified atom stereocenters. The summed E-state index contributed by atoms with van der Waals surface area (Å²) in [7, 11) is 0. The summed E-state index contributed by atoms with van der Waals surface area (Å²) in [5, 5.41) is 7.66. The van der Waals surface area contributed by atoms with Gasteiger partial charge in [-0.2, -0.15) is 0 Å². The van der Waals surface area contributed by atoms with Crippen molar-refractivity contribution >= 4 is 62.6 Å². The quantitative estimate of drug-likeness (QED) is 0.502. The van der Waals surface area contributed by atoms with Crippen molar-refractivity contribution in [2.24, 2.45) is 0 Å². The number of carbonyl (C=O) groups is 1. The molecule has 1 saturated heterocycles. The van der Waals surface area contributed by atoms with E-state index < -0.39 is 0 Å². The summed E-state index contributed by atoms with van der Waals surface area (Å²) in [6.45, 7) is 3.97. The maximum absolute atomic E-state index is 12.9. The van der Waals surface area contributed by atoms with Crippen molar-refractivity contribution in [1.82, 2.24) is 10.3 Å². The van der Waals surface area contributed by atoms with E-state index >= 15 is 0 Å². The van der Waals surface area contributed by atoms with Crippen LogP contribution in [-0.4, -0.2) is 36.9 Å². The highest BCUT2D eigenvalue weighted by molar-refractivity contribution is 7.18. The van der Waals surface area contributed by atoms with E-state index in [1.54, 1.807) is 18.2 Å². The first kappa shape index (κ1) is 20.0. The number of ketones is 1. The number of nitrogen functional groups attached to an aromatic ring is 1. The fraction of sp³-hybridized carbons (Fsp3) is 0.200. The van der Waals surface area contributed by atoms with Crippen LogP contribution in [0.3, 0.4) is 0 Å². The molecule has 9 heteroatoms. The van der Waals surface area contributed by atoms with Crippen molar-refractivity contribution in [2.75, 3.05) is 42.1 Å². The SMILES string of the molecule is Nc1nc(Nc2ccc(N3CCNCC3)cc2)sc1C(=O)c1c(Cl)cccc1Cl. The second kappa shape index (κ2) is 8.59. The monoisotopic (exact) mass is 447 g/mol. The topological polar surface area (TPSA) is 83.3 Å². The molecular formula is C20H19Cl2N5OS. The average Bonchev–Trinajstić information content (AvgIpc) is 3.09. The molecule has 4 N–H and O–H groups in total. The summed E-state index contributed by atoms with van der Waals surface area (Å²) in [4.78, 5) is 19.8. The number of nitrogens with one attached hydrogen (secondary N) is 2. The molecule has 0 spiro atoms. The van der Waals surface area contributed by atoms with E-state index in [-0.39, 0.29) is 27.2 Å². The Bertz CT molecular complexity index is 1010. The van der Waals surface area contributed by atoms with E-state index in [4.69, 9.17) is 28.9 Å². The van der Waals surface area contributed by atoms with Crippen LogP contribution in [0, 0.1) is 0 Å². The first-order valence-electron chi connectivity index (χ1n) is 9.10. The minimum atomic E-state index is -0.335. The van der Waals surface area contributed by atoms with Crippen molar-refractivity contribution in [2.45, 2.75) is 0 Å². The standard InChI is InChI=1S/C20H19Cl2N5OS/c21-14-2-1-3-15(22)16(14)17(28)18-19(23)26-20(29-18)25-12-4-6-13(7-5-12)27-10-8-24-9-11-27/h1-7,24H,8-11,23H2,(H,25,26). The second-order valence-corrected chi connectivity index (χ2v) is 8.38. The van der Waals surface area contributed by atoms with Gasteiger partial charge >= 0.3 is 0 Å². The van der Waals surface area contributed by atoms with Gasteiger partial charge < -0.3 is 21.3 Å². The molecule has 0 saturated carbocycles. The minimum absolute atomic E-state index is 0.149. The zero-order valence-corrected chi connectivity index (χ0v) is 17.7. The van der Waals surface area contributed by atoms with Crippen LogP contribution >= 0.6 is 34.5 Å². The number of benzene rings is 2. The van der Waals surface area contributed by atoms with Gasteiger partial charge in [-0.15, -0.1) is 0 Å². The lowest BCUT2D eigenvalue weighted by Gasteiger charge is -2.29. The Hall–Kier alpha value is -2.32. The highest BCUT2D eigenvalue weighted by Gasteiger charge is 2.22. The molecule has 150 valence electrons. The molecule has 0 radical (unpaired) electrons. The van der Waals surface area contributed by atoms with Gasteiger partial charge in [-0.05, 0) is 36.4 Å². The predicted molar refractivity (Wildman–Crippen MR) is 121 cm³/mol. The Kier molecular flexibility index (Phi) is 5.91. The van der Waals surface area contributed by atoms with Gasteiger partial charge in [-0.1, -0.05) is 40.6 Å². The number of piperazine rings is 1. The molecule has 2 aromatic carbocycles. The molecule has 0 aliphatic carbocycles. The van der Waals surface area contributed by atoms with Gasteiger partial charge in [-0.25, -0.2) is 4.98 Å². The van der Waals surface area contributed by atoms with Crippen molar-refractivity contribution in [3.05, 3.63) is 63.0 Å². The van der Waals surface area contributed by atoms with Crippen molar-refractivity contribution in [3.8, 4) is 0 Å². The minimum Gasteiger partial charge on any atom is -0.382 e. The molecule has 0 bridgehead atoms. The fourth-order valence-electron chi connectivity index (χ4n) is 3.18. The number of anilines is 4. The smallest absolute Gasteiger partial charge is 0.209 e. The van der Waals surface area contributed by atoms with Crippen molar-refractivity contribution in [1.29, 1.82) is 0 Å². The molecule has 6 nitrogen and oxygen atoms in total. The summed E-state index contributed by atoms with van der Waals surface area (Å²) in [5.41, 5.74) is 8.28. The number of halogens is 2. The number of nitrogens with zero attached hydrogens (tertiary/aromatic N) is 2. The lowest BCUT2D eigenvalue weighted by molar-refractivity contribution is 0.104. The Morgan fingerprint density at radius 1 is 1.10 bits per heavy atom. The van der Waals surface area contributed by atoms with E-state index in [0.717, 1.165) is 31.9 Å². The van der Waals surface area contributed by atoms with Crippen LogP contribution in [0.25, 0.3) is 0 Å². The van der Waals surface area contributed by atoms with Crippen molar-refractivity contribution < 1.29 is 4.79 Å². The number of carbonyl (C=O) groups excluding carboxylic acids is 1. The van der Waals surface area contributed by atoms with Gasteiger partial charge in [0.2, 0.25) is 5.78 Å². The summed E-state index contributed by atoms with van der Waals surface area (Å²) in [6.07, 6.45) is 0. The van der Waals surface area contributed by atoms with Crippen LogP contribution < -0.4 is 21.3 Å². The third-order valence-electron chi connectivity index (χ3n) is 4.65. The lowest BCUT2D eigenvalue weighted by atomic mass is 10.1. The van der Waals surface area contributed by atoms with Gasteiger partial charge in [0.25, 0.3) is 0 Å². The number of thiazole rings is 1. The number of hydrogen-bond donors (Lipinski definition) is 3. The molecule has 1 fully saturated rings. The van der Waals surface area contributed by atoms with Gasteiger partial charge in [0.1, 0.15) is 10.7 Å². The van der Waals surface area contributed by atoms with Crippen LogP contribution in [0.15, 0.2) is 42.5 Å². The fourth-order valence-corrected chi connectivity index (χ4v) is 4.60. The van der Waals surface area contributed by atoms with E-state index in [1.807, 2.05) is 12.1 Å². The maximum Gasteiger partial charge on any atom is 0.209 e. The molecule has 1 aliphatic rings. The van der Waals surface area contributed by atoms with Gasteiger partial charge in [0, 0.05) is 37.6 Å². The molecule has 4 rings (SSSR count). The lowest BCUT2D eigenvalue weighted by Crippen LogP contribution is -2.43. The number of hydrogen-bond acceptors (Lipinski definition) is 7. The first-order valence-corrected chi connectivity index (χ1v) is 10.7. The number of nitrogens with two attached hydrogens (primary N) is 1. The first-order chi connectivity index (χ1) is 14.0. The molecular weight excluding hydrogens is 429 g/mol. The van der Waals surface area contributed by atoms with Crippen LogP contribution in [-0.2, 0) is 0 Å². The molecule has 29 heavy (non-hydrogen) atoms. The summed E-state index contributed by atoms with van der Waals surface area (Å²) in [5.74, 6) is -0.186. The second-order valence-electron chi connectivity index (χ2n) is 6.57. The van der Waals surface area contributed by atoms with Crippen LogP contribution in [0.2, 0.25) is 10.0 Å². The van der Waals surface area contributed by atoms with Gasteiger partial charge in [-0.3, -0.25) is 4.79 Å². The zero-order valence-electron chi connectivity index (χ0n) is 15.4. The van der Waals surface area contributed by atoms with E-state index in [0.29, 0.717) is 10.0 Å². The van der Waals surface area contributed by atoms with Gasteiger partial charge in [0.15, 0.2) is 5.13 Å². The van der Waals surface area contributed by atoms with Crippen LogP contribution in [0.5, 0.6) is 0 Å². The Balaban J connectivity index is 1.51. The van der Waals surface area contributed by atoms with E-state index in [1.165, 1.54) is 17.0 Å². The van der Waals surface area contributed by atoms with Crippen LogP contribution in [0.4, 0.5) is 22.3 Å². The van der Waals surface area contributed by atoms with Crippen LogP contribution in [0.1, 0.15) is 15.2 Å². The normalized spacial score (nSPS) is 14.1.